The zero-order chi connectivity index (χ0) is 18.5. The monoisotopic (exact) mass is 360 g/mol. The molecule has 132 valence electrons. The van der Waals surface area contributed by atoms with Crippen molar-refractivity contribution in [3.8, 4) is 22.3 Å². The molecule has 4 nitrogen and oxygen atoms in total. The summed E-state index contributed by atoms with van der Waals surface area (Å²) in [6.07, 6.45) is 3.47. The van der Waals surface area contributed by atoms with Crippen LogP contribution in [0, 0.1) is 0 Å². The normalized spacial score (nSPS) is 11.6. The minimum atomic E-state index is 0.984. The number of aromatic nitrogens is 4. The number of rotatable bonds is 2. The molecule has 0 radical (unpaired) electrons. The number of hydrogen-bond acceptors (Lipinski definition) is 2. The van der Waals surface area contributed by atoms with Crippen molar-refractivity contribution >= 4 is 32.8 Å². The van der Waals surface area contributed by atoms with Gasteiger partial charge in [0, 0.05) is 0 Å². The van der Waals surface area contributed by atoms with Crippen molar-refractivity contribution in [3.05, 3.63) is 85.5 Å². The van der Waals surface area contributed by atoms with Gasteiger partial charge in [0.15, 0.2) is 0 Å². The minimum Gasteiger partial charge on any atom is -0.345 e. The van der Waals surface area contributed by atoms with Gasteiger partial charge in [0.1, 0.15) is 0 Å². The lowest BCUT2D eigenvalue weighted by atomic mass is 9.93. The Morgan fingerprint density at radius 3 is 1.54 bits per heavy atom. The number of benzene rings is 4. The number of aromatic amines is 2. The van der Waals surface area contributed by atoms with Crippen LogP contribution >= 0.6 is 0 Å². The largest absolute Gasteiger partial charge is 0.345 e. The first-order valence-corrected chi connectivity index (χ1v) is 9.26. The van der Waals surface area contributed by atoms with E-state index in [1.165, 1.54) is 33.0 Å². The number of H-pyrrole nitrogens is 2. The standard InChI is InChI=1S/C24H16N4/c1-3-17(15-7-9-21-23(11-15)27-13-25-21)20-6-2-4-18(19(20)5-1)16-8-10-22-24(12-16)28-14-26-22/h1-14H,(H,25,27)(H,26,28). The van der Waals surface area contributed by atoms with E-state index < -0.39 is 0 Å². The topological polar surface area (TPSA) is 57.4 Å². The highest BCUT2D eigenvalue weighted by molar-refractivity contribution is 6.05. The third-order valence-electron chi connectivity index (χ3n) is 5.38. The lowest BCUT2D eigenvalue weighted by Gasteiger charge is -2.11. The average molecular weight is 360 g/mol. The zero-order valence-electron chi connectivity index (χ0n) is 15.0. The van der Waals surface area contributed by atoms with Crippen molar-refractivity contribution in [3.63, 3.8) is 0 Å². The Bertz CT molecular complexity index is 1360. The summed E-state index contributed by atoms with van der Waals surface area (Å²) < 4.78 is 0. The van der Waals surface area contributed by atoms with Crippen molar-refractivity contribution in [2.75, 3.05) is 0 Å². The highest BCUT2D eigenvalue weighted by atomic mass is 14.9. The molecular weight excluding hydrogens is 344 g/mol. The zero-order valence-corrected chi connectivity index (χ0v) is 15.0. The summed E-state index contributed by atoms with van der Waals surface area (Å²) in [4.78, 5) is 15.1. The van der Waals surface area contributed by atoms with Gasteiger partial charge in [-0.2, -0.15) is 0 Å². The third kappa shape index (κ3) is 2.25. The highest BCUT2D eigenvalue weighted by Crippen LogP contribution is 2.36. The average Bonchev–Trinajstić information content (AvgIpc) is 3.40. The van der Waals surface area contributed by atoms with Gasteiger partial charge in [-0.15, -0.1) is 0 Å². The summed E-state index contributed by atoms with van der Waals surface area (Å²) >= 11 is 0. The van der Waals surface area contributed by atoms with E-state index in [0.717, 1.165) is 22.1 Å². The van der Waals surface area contributed by atoms with Gasteiger partial charge in [-0.25, -0.2) is 9.97 Å². The van der Waals surface area contributed by atoms with Crippen molar-refractivity contribution in [2.45, 2.75) is 0 Å². The molecule has 0 atom stereocenters. The van der Waals surface area contributed by atoms with E-state index in [1.807, 2.05) is 0 Å². The number of fused-ring (bicyclic) bond motifs is 3. The molecule has 28 heavy (non-hydrogen) atoms. The van der Waals surface area contributed by atoms with Crippen molar-refractivity contribution in [1.29, 1.82) is 0 Å². The van der Waals surface area contributed by atoms with Gasteiger partial charge in [0.05, 0.1) is 34.7 Å². The van der Waals surface area contributed by atoms with Crippen LogP contribution in [0.15, 0.2) is 85.5 Å². The smallest absolute Gasteiger partial charge is 0.0931 e. The van der Waals surface area contributed by atoms with Gasteiger partial charge in [-0.1, -0.05) is 48.5 Å². The number of imidazole rings is 2. The maximum Gasteiger partial charge on any atom is 0.0931 e. The fourth-order valence-corrected chi connectivity index (χ4v) is 4.02. The highest BCUT2D eigenvalue weighted by Gasteiger charge is 2.10. The second kappa shape index (κ2) is 5.79. The molecule has 0 fully saturated rings. The maximum absolute atomic E-state index is 4.33. The van der Waals surface area contributed by atoms with Crippen molar-refractivity contribution < 1.29 is 0 Å². The molecule has 0 bridgehead atoms. The molecule has 0 unspecified atom stereocenters. The van der Waals surface area contributed by atoms with E-state index in [9.17, 15) is 0 Å². The predicted octanol–water partition coefficient (Wildman–Crippen LogP) is 5.93. The van der Waals surface area contributed by atoms with Gasteiger partial charge in [0.25, 0.3) is 0 Å². The molecule has 4 heteroatoms. The number of nitrogens with one attached hydrogen (secondary N) is 2. The van der Waals surface area contributed by atoms with Crippen molar-refractivity contribution in [1.82, 2.24) is 19.9 Å². The molecule has 0 spiro atoms. The lowest BCUT2D eigenvalue weighted by Crippen LogP contribution is -1.86. The summed E-state index contributed by atoms with van der Waals surface area (Å²) in [5.74, 6) is 0. The molecule has 6 aromatic rings. The maximum atomic E-state index is 4.33. The van der Waals surface area contributed by atoms with E-state index in [0.29, 0.717) is 0 Å². The predicted molar refractivity (Wildman–Crippen MR) is 114 cm³/mol. The summed E-state index contributed by atoms with van der Waals surface area (Å²) in [7, 11) is 0. The molecule has 2 aromatic heterocycles. The molecule has 0 aliphatic heterocycles. The molecule has 0 aliphatic rings. The van der Waals surface area contributed by atoms with Crippen LogP contribution in [0.5, 0.6) is 0 Å². The molecule has 0 saturated carbocycles. The first-order chi connectivity index (χ1) is 13.9. The Balaban J connectivity index is 1.59. The summed E-state index contributed by atoms with van der Waals surface area (Å²) in [6.45, 7) is 0. The van der Waals surface area contributed by atoms with Crippen LogP contribution in [0.2, 0.25) is 0 Å². The second-order valence-electron chi connectivity index (χ2n) is 6.98. The first kappa shape index (κ1) is 15.2. The molecule has 2 N–H and O–H groups in total. The van der Waals surface area contributed by atoms with Gasteiger partial charge >= 0.3 is 0 Å². The molecular formula is C24H16N4. The number of hydrogen-bond donors (Lipinski definition) is 2. The van der Waals surface area contributed by atoms with Crippen LogP contribution in [-0.2, 0) is 0 Å². The van der Waals surface area contributed by atoms with Gasteiger partial charge in [-0.3, -0.25) is 0 Å². The van der Waals surface area contributed by atoms with Gasteiger partial charge in [-0.05, 0) is 57.3 Å². The first-order valence-electron chi connectivity index (χ1n) is 9.26. The SMILES string of the molecule is c1cc(-c2ccc3nc[nH]c3c2)c2cccc(-c3ccc4nc[nH]c4c3)c2c1. The Kier molecular flexibility index (Phi) is 3.14. The third-order valence-corrected chi connectivity index (χ3v) is 5.38. The lowest BCUT2D eigenvalue weighted by molar-refractivity contribution is 1.34. The quantitative estimate of drug-likeness (QED) is 0.402. The van der Waals surface area contributed by atoms with Crippen LogP contribution < -0.4 is 0 Å². The number of nitrogens with zero attached hydrogens (tertiary/aromatic N) is 2. The Morgan fingerprint density at radius 2 is 1.04 bits per heavy atom. The Hall–Kier alpha value is -3.92. The van der Waals surface area contributed by atoms with Gasteiger partial charge < -0.3 is 9.97 Å². The van der Waals surface area contributed by atoms with E-state index in [-0.39, 0.29) is 0 Å². The van der Waals surface area contributed by atoms with E-state index in [2.05, 4.69) is 92.7 Å². The Labute approximate surface area is 160 Å². The van der Waals surface area contributed by atoms with Crippen LogP contribution in [0.25, 0.3) is 55.1 Å². The molecule has 4 aromatic carbocycles. The van der Waals surface area contributed by atoms with E-state index >= 15 is 0 Å². The van der Waals surface area contributed by atoms with E-state index in [1.54, 1.807) is 12.7 Å². The van der Waals surface area contributed by atoms with Crippen LogP contribution in [0.4, 0.5) is 0 Å². The van der Waals surface area contributed by atoms with Crippen LogP contribution in [-0.4, -0.2) is 19.9 Å². The summed E-state index contributed by atoms with van der Waals surface area (Å²) in [6, 6.07) is 25.8. The van der Waals surface area contributed by atoms with Crippen molar-refractivity contribution in [2.24, 2.45) is 0 Å². The molecule has 0 saturated heterocycles. The van der Waals surface area contributed by atoms with Gasteiger partial charge in [0.2, 0.25) is 0 Å². The Morgan fingerprint density at radius 1 is 0.536 bits per heavy atom. The van der Waals surface area contributed by atoms with Crippen LogP contribution in [0.3, 0.4) is 0 Å². The second-order valence-corrected chi connectivity index (χ2v) is 6.98. The summed E-state index contributed by atoms with van der Waals surface area (Å²) in [5, 5.41) is 2.48. The molecule has 2 heterocycles. The fourth-order valence-electron chi connectivity index (χ4n) is 4.02. The van der Waals surface area contributed by atoms with E-state index in [4.69, 9.17) is 0 Å². The van der Waals surface area contributed by atoms with Crippen LogP contribution in [0.1, 0.15) is 0 Å². The minimum absolute atomic E-state index is 0.984. The fraction of sp³-hybridized carbons (Fsp3) is 0. The molecule has 6 rings (SSSR count). The molecule has 0 amide bonds. The summed E-state index contributed by atoms with van der Waals surface area (Å²) in [5.41, 5.74) is 8.88. The molecule has 0 aliphatic carbocycles.